The van der Waals surface area contributed by atoms with Crippen molar-refractivity contribution in [1.82, 2.24) is 4.98 Å². The molecule has 0 unspecified atom stereocenters. The number of anilines is 2. The number of nitriles is 1. The van der Waals surface area contributed by atoms with E-state index in [1.807, 2.05) is 19.1 Å². The van der Waals surface area contributed by atoms with Crippen LogP contribution in [-0.4, -0.2) is 24.1 Å². The summed E-state index contributed by atoms with van der Waals surface area (Å²) in [6, 6.07) is 10.9. The summed E-state index contributed by atoms with van der Waals surface area (Å²) >= 11 is 1.74. The molecule has 5 heteroatoms. The van der Waals surface area contributed by atoms with Crippen molar-refractivity contribution in [2.45, 2.75) is 32.2 Å². The maximum Gasteiger partial charge on any atom is 0.185 e. The Morgan fingerprint density at radius 3 is 2.64 bits per heavy atom. The Balaban J connectivity index is 1.52. The molecule has 2 aromatic rings. The van der Waals surface area contributed by atoms with E-state index < -0.39 is 0 Å². The maximum atomic E-state index is 8.70. The van der Waals surface area contributed by atoms with E-state index >= 15 is 0 Å². The molecule has 1 aliphatic heterocycles. The highest BCUT2D eigenvalue weighted by Crippen LogP contribution is 2.25. The first kappa shape index (κ1) is 14.9. The van der Waals surface area contributed by atoms with Crippen LogP contribution in [0.3, 0.4) is 0 Å². The molecule has 1 fully saturated rings. The number of hydrogen-bond acceptors (Lipinski definition) is 5. The second-order valence-corrected chi connectivity index (χ2v) is 6.55. The van der Waals surface area contributed by atoms with Gasteiger partial charge >= 0.3 is 0 Å². The summed E-state index contributed by atoms with van der Waals surface area (Å²) in [5.41, 5.74) is 3.32. The van der Waals surface area contributed by atoms with Crippen LogP contribution in [0.5, 0.6) is 0 Å². The first-order chi connectivity index (χ1) is 10.7. The number of piperidine rings is 1. The van der Waals surface area contributed by atoms with E-state index in [9.17, 15) is 0 Å². The molecule has 1 N–H and O–H groups in total. The van der Waals surface area contributed by atoms with Gasteiger partial charge in [-0.15, -0.1) is 11.3 Å². The molecule has 4 nitrogen and oxygen atoms in total. The molecular weight excluding hydrogens is 292 g/mol. The molecule has 0 atom stereocenters. The molecule has 114 valence electrons. The van der Waals surface area contributed by atoms with Gasteiger partial charge in [-0.25, -0.2) is 4.98 Å². The molecule has 0 radical (unpaired) electrons. The van der Waals surface area contributed by atoms with E-state index in [1.165, 1.54) is 0 Å². The summed E-state index contributed by atoms with van der Waals surface area (Å²) in [5, 5.41) is 15.6. The number of nitrogens with zero attached hydrogens (tertiary/aromatic N) is 3. The lowest BCUT2D eigenvalue weighted by Crippen LogP contribution is -2.39. The van der Waals surface area contributed by atoms with Gasteiger partial charge in [-0.05, 0) is 37.5 Å². The van der Waals surface area contributed by atoms with Crippen LogP contribution in [0.4, 0.5) is 10.8 Å². The highest BCUT2D eigenvalue weighted by Gasteiger charge is 2.20. The Kier molecular flexibility index (Phi) is 4.59. The van der Waals surface area contributed by atoms with Crippen LogP contribution < -0.4 is 10.2 Å². The predicted octanol–water partition coefficient (Wildman–Crippen LogP) is 3.60. The molecule has 2 heterocycles. The lowest BCUT2D eigenvalue weighted by atomic mass is 10.0. The normalized spacial score (nSPS) is 15.5. The molecule has 22 heavy (non-hydrogen) atoms. The Labute approximate surface area is 135 Å². The van der Waals surface area contributed by atoms with E-state index in [4.69, 9.17) is 5.26 Å². The zero-order valence-electron chi connectivity index (χ0n) is 12.7. The summed E-state index contributed by atoms with van der Waals surface area (Å²) in [5.74, 6) is 0. The third-order valence-electron chi connectivity index (χ3n) is 3.98. The molecule has 1 aromatic carbocycles. The number of nitrogens with one attached hydrogen (secondary N) is 1. The molecule has 3 rings (SSSR count). The summed E-state index contributed by atoms with van der Waals surface area (Å²) in [7, 11) is 0. The number of benzene rings is 1. The van der Waals surface area contributed by atoms with Crippen molar-refractivity contribution in [2.75, 3.05) is 23.3 Å². The quantitative estimate of drug-likeness (QED) is 0.937. The lowest BCUT2D eigenvalue weighted by molar-refractivity contribution is 0.526. The predicted molar refractivity (Wildman–Crippen MR) is 91.5 cm³/mol. The monoisotopic (exact) mass is 312 g/mol. The molecule has 0 amide bonds. The average Bonchev–Trinajstić information content (AvgIpc) is 2.97. The molecule has 1 saturated heterocycles. The second-order valence-electron chi connectivity index (χ2n) is 5.71. The van der Waals surface area contributed by atoms with Crippen LogP contribution in [0.1, 0.15) is 24.1 Å². The topological polar surface area (TPSA) is 52.0 Å². The van der Waals surface area contributed by atoms with Gasteiger partial charge in [-0.3, -0.25) is 0 Å². The molecule has 0 bridgehead atoms. The summed E-state index contributed by atoms with van der Waals surface area (Å²) in [6.45, 7) is 4.15. The van der Waals surface area contributed by atoms with Gasteiger partial charge in [0.2, 0.25) is 0 Å². The van der Waals surface area contributed by atoms with Crippen LogP contribution in [0.25, 0.3) is 0 Å². The Morgan fingerprint density at radius 2 is 2.05 bits per heavy atom. The summed E-state index contributed by atoms with van der Waals surface area (Å²) in [4.78, 5) is 6.95. The van der Waals surface area contributed by atoms with E-state index in [-0.39, 0.29) is 0 Å². The molecule has 0 spiro atoms. The van der Waals surface area contributed by atoms with Gasteiger partial charge < -0.3 is 10.2 Å². The van der Waals surface area contributed by atoms with Gasteiger partial charge in [0.25, 0.3) is 0 Å². The van der Waals surface area contributed by atoms with Gasteiger partial charge in [0.05, 0.1) is 18.2 Å². The number of rotatable bonds is 4. The minimum Gasteiger partial charge on any atom is -0.382 e. The molecule has 0 aliphatic carbocycles. The third-order valence-corrected chi connectivity index (χ3v) is 5.00. The van der Waals surface area contributed by atoms with Crippen molar-refractivity contribution in [3.8, 4) is 6.07 Å². The van der Waals surface area contributed by atoms with Gasteiger partial charge in [0, 0.05) is 30.2 Å². The van der Waals surface area contributed by atoms with E-state index in [0.29, 0.717) is 12.5 Å². The first-order valence-electron chi connectivity index (χ1n) is 7.64. The smallest absolute Gasteiger partial charge is 0.185 e. The van der Waals surface area contributed by atoms with Crippen LogP contribution >= 0.6 is 11.3 Å². The average molecular weight is 312 g/mol. The van der Waals surface area contributed by atoms with Crippen molar-refractivity contribution in [3.05, 3.63) is 40.9 Å². The highest BCUT2D eigenvalue weighted by atomic mass is 32.1. The van der Waals surface area contributed by atoms with Gasteiger partial charge in [-0.2, -0.15) is 5.26 Å². The van der Waals surface area contributed by atoms with E-state index in [2.05, 4.69) is 38.8 Å². The molecule has 1 aliphatic rings. The second kappa shape index (κ2) is 6.80. The van der Waals surface area contributed by atoms with Crippen molar-refractivity contribution < 1.29 is 0 Å². The number of thiazole rings is 1. The largest absolute Gasteiger partial charge is 0.382 e. The van der Waals surface area contributed by atoms with Crippen LogP contribution in [-0.2, 0) is 6.42 Å². The fraction of sp³-hybridized carbons (Fsp3) is 0.412. The fourth-order valence-corrected chi connectivity index (χ4v) is 3.60. The number of hydrogen-bond donors (Lipinski definition) is 1. The van der Waals surface area contributed by atoms with E-state index in [0.717, 1.165) is 48.0 Å². The molecule has 1 aromatic heterocycles. The maximum absolute atomic E-state index is 8.70. The van der Waals surface area contributed by atoms with Crippen molar-refractivity contribution in [3.63, 3.8) is 0 Å². The lowest BCUT2D eigenvalue weighted by Gasteiger charge is -2.32. The minimum absolute atomic E-state index is 0.478. The SMILES string of the molecule is Cc1csc(N2CCC(Nc3ccc(CC#N)cc3)CC2)n1. The fourth-order valence-electron chi connectivity index (χ4n) is 2.75. The third kappa shape index (κ3) is 3.58. The minimum atomic E-state index is 0.478. The number of aryl methyl sites for hydroxylation is 1. The van der Waals surface area contributed by atoms with Gasteiger partial charge in [-0.1, -0.05) is 12.1 Å². The van der Waals surface area contributed by atoms with Crippen molar-refractivity contribution in [2.24, 2.45) is 0 Å². The summed E-state index contributed by atoms with van der Waals surface area (Å²) in [6.07, 6.45) is 2.73. The van der Waals surface area contributed by atoms with Crippen LogP contribution in [0, 0.1) is 18.3 Å². The first-order valence-corrected chi connectivity index (χ1v) is 8.52. The molecule has 0 saturated carbocycles. The van der Waals surface area contributed by atoms with Crippen LogP contribution in [0.15, 0.2) is 29.6 Å². The highest BCUT2D eigenvalue weighted by molar-refractivity contribution is 7.13. The molecular formula is C17H20N4S. The van der Waals surface area contributed by atoms with Gasteiger partial charge in [0.15, 0.2) is 5.13 Å². The zero-order valence-corrected chi connectivity index (χ0v) is 13.6. The number of aromatic nitrogens is 1. The van der Waals surface area contributed by atoms with Crippen molar-refractivity contribution >= 4 is 22.2 Å². The van der Waals surface area contributed by atoms with Gasteiger partial charge in [0.1, 0.15) is 0 Å². The van der Waals surface area contributed by atoms with Crippen molar-refractivity contribution in [1.29, 1.82) is 5.26 Å². The van der Waals surface area contributed by atoms with Crippen LogP contribution in [0.2, 0.25) is 0 Å². The van der Waals surface area contributed by atoms with E-state index in [1.54, 1.807) is 11.3 Å². The standard InChI is InChI=1S/C17H20N4S/c1-13-12-22-17(19-13)21-10-7-16(8-11-21)20-15-4-2-14(3-5-15)6-9-18/h2-5,12,16,20H,6-8,10-11H2,1H3. The Bertz CT molecular complexity index is 648. The summed E-state index contributed by atoms with van der Waals surface area (Å²) < 4.78 is 0. The Hall–Kier alpha value is -2.06. The zero-order chi connectivity index (χ0) is 15.4. The Morgan fingerprint density at radius 1 is 1.32 bits per heavy atom.